The molecule has 0 bridgehead atoms. The molecule has 1 aliphatic heterocycles. The summed E-state index contributed by atoms with van der Waals surface area (Å²) in [7, 11) is 0. The Morgan fingerprint density at radius 3 is 2.56 bits per heavy atom. The van der Waals surface area contributed by atoms with Crippen LogP contribution in [0, 0.1) is 0 Å². The van der Waals surface area contributed by atoms with E-state index < -0.39 is 0 Å². The Balaban J connectivity index is 1.59. The number of nitrogens with zero attached hydrogens (tertiary/aromatic N) is 1. The van der Waals surface area contributed by atoms with Crippen molar-refractivity contribution in [2.45, 2.75) is 39.2 Å². The molecular formula is C24H29NO2. The van der Waals surface area contributed by atoms with Gasteiger partial charge in [0.25, 0.3) is 0 Å². The molecule has 2 aromatic rings. The van der Waals surface area contributed by atoms with Crippen molar-refractivity contribution in [3.8, 4) is 5.75 Å². The molecule has 3 rings (SSSR count). The average Bonchev–Trinajstić information content (AvgIpc) is 2.70. The number of carbonyl (C=O) groups is 1. The first-order valence-corrected chi connectivity index (χ1v) is 9.97. The van der Waals surface area contributed by atoms with Gasteiger partial charge in [0, 0.05) is 31.6 Å². The van der Waals surface area contributed by atoms with Crippen molar-refractivity contribution in [3.05, 3.63) is 71.3 Å². The zero-order chi connectivity index (χ0) is 18.9. The number of hydrogen-bond acceptors (Lipinski definition) is 3. The normalized spacial score (nSPS) is 16.6. The van der Waals surface area contributed by atoms with Crippen molar-refractivity contribution < 1.29 is 9.53 Å². The lowest BCUT2D eigenvalue weighted by atomic mass is 9.99. The van der Waals surface area contributed by atoms with Crippen LogP contribution in [0.15, 0.2) is 60.2 Å². The first kappa shape index (κ1) is 19.4. The number of hydrogen-bond donors (Lipinski definition) is 0. The second-order valence-corrected chi connectivity index (χ2v) is 7.16. The molecule has 1 heterocycles. The summed E-state index contributed by atoms with van der Waals surface area (Å²) in [5.74, 6) is 1.16. The standard InChI is InChI=1S/C24H29NO2/c1-2-3-7-16-27-23-12-10-20(11-13-23)17-22-19-25(15-14-24(22)26)18-21-8-5-4-6-9-21/h4-6,8-13,17H,2-3,7,14-16,18-19H2,1H3/b22-17+. The van der Waals surface area contributed by atoms with Gasteiger partial charge in [-0.3, -0.25) is 9.69 Å². The van der Waals surface area contributed by atoms with E-state index in [1.165, 1.54) is 18.4 Å². The molecule has 0 amide bonds. The molecule has 2 aromatic carbocycles. The minimum atomic E-state index is 0.263. The Morgan fingerprint density at radius 1 is 1.04 bits per heavy atom. The molecule has 1 saturated heterocycles. The summed E-state index contributed by atoms with van der Waals surface area (Å²) < 4.78 is 5.76. The van der Waals surface area contributed by atoms with Gasteiger partial charge in [-0.1, -0.05) is 62.2 Å². The third-order valence-corrected chi connectivity index (χ3v) is 4.89. The highest BCUT2D eigenvalue weighted by atomic mass is 16.5. The summed E-state index contributed by atoms with van der Waals surface area (Å²) in [4.78, 5) is 14.7. The highest BCUT2D eigenvalue weighted by Gasteiger charge is 2.21. The first-order chi connectivity index (χ1) is 13.2. The molecular weight excluding hydrogens is 334 g/mol. The molecule has 0 aromatic heterocycles. The number of ether oxygens (including phenoxy) is 1. The molecule has 1 aliphatic rings. The lowest BCUT2D eigenvalue weighted by Gasteiger charge is -2.27. The quantitative estimate of drug-likeness (QED) is 0.482. The highest BCUT2D eigenvalue weighted by Crippen LogP contribution is 2.20. The number of likely N-dealkylation sites (tertiary alicyclic amines) is 1. The van der Waals surface area contributed by atoms with Gasteiger partial charge in [0.1, 0.15) is 5.75 Å². The molecule has 0 unspecified atom stereocenters. The summed E-state index contributed by atoms with van der Waals surface area (Å²) in [5, 5.41) is 0. The molecule has 3 heteroatoms. The van der Waals surface area contributed by atoms with Gasteiger partial charge in [-0.2, -0.15) is 0 Å². The molecule has 0 aliphatic carbocycles. The Kier molecular flexibility index (Phi) is 7.23. The van der Waals surface area contributed by atoms with Crippen LogP contribution in [0.5, 0.6) is 5.75 Å². The number of carbonyl (C=O) groups excluding carboxylic acids is 1. The molecule has 0 saturated carbocycles. The van der Waals surface area contributed by atoms with Gasteiger partial charge < -0.3 is 4.74 Å². The molecule has 27 heavy (non-hydrogen) atoms. The average molecular weight is 364 g/mol. The summed E-state index contributed by atoms with van der Waals surface area (Å²) in [6.45, 7) is 5.38. The van der Waals surface area contributed by atoms with Crippen molar-refractivity contribution in [1.82, 2.24) is 4.90 Å². The van der Waals surface area contributed by atoms with Gasteiger partial charge in [0.2, 0.25) is 0 Å². The van der Waals surface area contributed by atoms with Gasteiger partial charge in [-0.25, -0.2) is 0 Å². The lowest BCUT2D eigenvalue weighted by molar-refractivity contribution is -0.117. The SMILES string of the molecule is CCCCCOc1ccc(/C=C2\CN(Cc3ccccc3)CCC2=O)cc1. The van der Waals surface area contributed by atoms with Crippen LogP contribution in [-0.2, 0) is 11.3 Å². The maximum Gasteiger partial charge on any atom is 0.161 e. The Morgan fingerprint density at radius 2 is 1.81 bits per heavy atom. The number of ketones is 1. The second kappa shape index (κ2) is 10.1. The van der Waals surface area contributed by atoms with Gasteiger partial charge in [-0.05, 0) is 35.8 Å². The van der Waals surface area contributed by atoms with E-state index >= 15 is 0 Å². The van der Waals surface area contributed by atoms with E-state index in [0.717, 1.165) is 43.0 Å². The fourth-order valence-corrected chi connectivity index (χ4v) is 3.33. The van der Waals surface area contributed by atoms with Gasteiger partial charge in [-0.15, -0.1) is 0 Å². The second-order valence-electron chi connectivity index (χ2n) is 7.16. The van der Waals surface area contributed by atoms with E-state index in [2.05, 4.69) is 36.1 Å². The number of Topliss-reactive ketones (excluding diaryl/α,β-unsaturated/α-hetero) is 1. The summed E-state index contributed by atoms with van der Waals surface area (Å²) in [6.07, 6.45) is 6.11. The topological polar surface area (TPSA) is 29.5 Å². The molecule has 0 N–H and O–H groups in total. The van der Waals surface area contributed by atoms with Crippen LogP contribution >= 0.6 is 0 Å². The summed E-state index contributed by atoms with van der Waals surface area (Å²) >= 11 is 0. The first-order valence-electron chi connectivity index (χ1n) is 9.97. The monoisotopic (exact) mass is 363 g/mol. The molecule has 0 radical (unpaired) electrons. The zero-order valence-corrected chi connectivity index (χ0v) is 16.2. The number of piperidine rings is 1. The van der Waals surface area contributed by atoms with Crippen molar-refractivity contribution >= 4 is 11.9 Å². The van der Waals surface area contributed by atoms with Gasteiger partial charge >= 0.3 is 0 Å². The summed E-state index contributed by atoms with van der Waals surface area (Å²) in [6, 6.07) is 18.5. The van der Waals surface area contributed by atoms with Crippen LogP contribution in [0.3, 0.4) is 0 Å². The maximum absolute atomic E-state index is 12.3. The van der Waals surface area contributed by atoms with Gasteiger partial charge in [0.15, 0.2) is 5.78 Å². The maximum atomic E-state index is 12.3. The van der Waals surface area contributed by atoms with Crippen LogP contribution in [0.1, 0.15) is 43.7 Å². The largest absolute Gasteiger partial charge is 0.494 e. The van der Waals surface area contributed by atoms with E-state index in [-0.39, 0.29) is 5.78 Å². The van der Waals surface area contributed by atoms with Crippen LogP contribution < -0.4 is 4.74 Å². The molecule has 1 fully saturated rings. The molecule has 0 spiro atoms. The van der Waals surface area contributed by atoms with E-state index in [9.17, 15) is 4.79 Å². The minimum absolute atomic E-state index is 0.263. The van der Waals surface area contributed by atoms with Crippen molar-refractivity contribution in [1.29, 1.82) is 0 Å². The number of benzene rings is 2. The predicted octanol–water partition coefficient (Wildman–Crippen LogP) is 5.11. The van der Waals surface area contributed by atoms with Crippen LogP contribution in [0.25, 0.3) is 6.08 Å². The lowest BCUT2D eigenvalue weighted by Crippen LogP contribution is -2.35. The molecule has 3 nitrogen and oxygen atoms in total. The van der Waals surface area contributed by atoms with E-state index in [4.69, 9.17) is 4.74 Å². The van der Waals surface area contributed by atoms with E-state index in [0.29, 0.717) is 13.0 Å². The van der Waals surface area contributed by atoms with Crippen LogP contribution in [-0.4, -0.2) is 30.4 Å². The number of unbranched alkanes of at least 4 members (excludes halogenated alkanes) is 2. The summed E-state index contributed by atoms with van der Waals surface area (Å²) in [5.41, 5.74) is 3.24. The van der Waals surface area contributed by atoms with E-state index in [1.807, 2.05) is 36.4 Å². The van der Waals surface area contributed by atoms with Crippen LogP contribution in [0.4, 0.5) is 0 Å². The third kappa shape index (κ3) is 6.07. The third-order valence-electron chi connectivity index (χ3n) is 4.89. The minimum Gasteiger partial charge on any atom is -0.494 e. The number of rotatable bonds is 8. The fourth-order valence-electron chi connectivity index (χ4n) is 3.33. The van der Waals surface area contributed by atoms with E-state index in [1.54, 1.807) is 0 Å². The Hall–Kier alpha value is -2.39. The predicted molar refractivity (Wildman–Crippen MR) is 111 cm³/mol. The van der Waals surface area contributed by atoms with Crippen molar-refractivity contribution in [2.75, 3.05) is 19.7 Å². The molecule has 0 atom stereocenters. The fraction of sp³-hybridized carbons (Fsp3) is 0.375. The Bertz CT molecular complexity index is 750. The van der Waals surface area contributed by atoms with Crippen molar-refractivity contribution in [3.63, 3.8) is 0 Å². The Labute approximate surface area is 162 Å². The highest BCUT2D eigenvalue weighted by molar-refractivity contribution is 6.00. The zero-order valence-electron chi connectivity index (χ0n) is 16.2. The van der Waals surface area contributed by atoms with Crippen LogP contribution in [0.2, 0.25) is 0 Å². The molecule has 142 valence electrons. The van der Waals surface area contributed by atoms with Crippen molar-refractivity contribution in [2.24, 2.45) is 0 Å². The van der Waals surface area contributed by atoms with Gasteiger partial charge in [0.05, 0.1) is 6.61 Å². The smallest absolute Gasteiger partial charge is 0.161 e.